The summed E-state index contributed by atoms with van der Waals surface area (Å²) in [4.78, 5) is 25.7. The summed E-state index contributed by atoms with van der Waals surface area (Å²) in [6.07, 6.45) is 1.64. The highest BCUT2D eigenvalue weighted by atomic mass is 32.2. The number of nitrogens with zero attached hydrogens (tertiary/aromatic N) is 1. The molecule has 3 rings (SSSR count). The zero-order chi connectivity index (χ0) is 20.3. The summed E-state index contributed by atoms with van der Waals surface area (Å²) in [7, 11) is 0. The average Bonchev–Trinajstić information content (AvgIpc) is 2.90. The molecular formula is C21H19NO4S2. The standard InChI is InChI=1S/C21H19NO4S2/c1-13-7-8-16(14(2)11-13)22-20(25)18(28-21(22)27)12-15-5-3-4-6-17(15)26-10-9-19(23)24/h3-8,11-12H,9-10H2,1-2H3,(H,23,24)/b18-12+. The van der Waals surface area contributed by atoms with E-state index in [1.807, 2.05) is 44.2 Å². The SMILES string of the molecule is Cc1ccc(N2C(=O)/C(=C\c3ccccc3OCCC(=O)O)SC2=S)c(C)c1. The van der Waals surface area contributed by atoms with Crippen molar-refractivity contribution in [2.75, 3.05) is 11.5 Å². The highest BCUT2D eigenvalue weighted by molar-refractivity contribution is 8.27. The van der Waals surface area contributed by atoms with Gasteiger partial charge in [-0.05, 0) is 37.6 Å². The van der Waals surface area contributed by atoms with Gasteiger partial charge >= 0.3 is 5.97 Å². The van der Waals surface area contributed by atoms with E-state index in [2.05, 4.69) is 0 Å². The summed E-state index contributed by atoms with van der Waals surface area (Å²) in [5.41, 5.74) is 3.58. The first kappa shape index (κ1) is 20.1. The highest BCUT2D eigenvalue weighted by Crippen LogP contribution is 2.38. The highest BCUT2D eigenvalue weighted by Gasteiger charge is 2.34. The maximum atomic E-state index is 13.0. The Labute approximate surface area is 173 Å². The lowest BCUT2D eigenvalue weighted by molar-refractivity contribution is -0.137. The van der Waals surface area contributed by atoms with Crippen molar-refractivity contribution in [3.05, 3.63) is 64.1 Å². The quantitative estimate of drug-likeness (QED) is 0.553. The average molecular weight is 414 g/mol. The monoisotopic (exact) mass is 413 g/mol. The van der Waals surface area contributed by atoms with Crippen molar-refractivity contribution < 1.29 is 19.4 Å². The smallest absolute Gasteiger partial charge is 0.306 e. The molecule has 0 spiro atoms. The number of thiocarbonyl (C=S) groups is 1. The van der Waals surface area contributed by atoms with E-state index in [4.69, 9.17) is 22.1 Å². The van der Waals surface area contributed by atoms with E-state index in [-0.39, 0.29) is 18.9 Å². The Morgan fingerprint density at radius 3 is 2.71 bits per heavy atom. The Morgan fingerprint density at radius 1 is 1.25 bits per heavy atom. The molecule has 0 aromatic heterocycles. The Hall–Kier alpha value is -2.64. The summed E-state index contributed by atoms with van der Waals surface area (Å²) in [5, 5.41) is 8.77. The summed E-state index contributed by atoms with van der Waals surface area (Å²) in [5.74, 6) is -0.574. The molecule has 1 N–H and O–H groups in total. The minimum atomic E-state index is -0.924. The number of hydrogen-bond acceptors (Lipinski definition) is 5. The second-order valence-electron chi connectivity index (χ2n) is 6.34. The van der Waals surface area contributed by atoms with Gasteiger partial charge < -0.3 is 9.84 Å². The second-order valence-corrected chi connectivity index (χ2v) is 8.01. The normalized spacial score (nSPS) is 15.4. The number of rotatable bonds is 6. The lowest BCUT2D eigenvalue weighted by atomic mass is 10.1. The molecule has 1 aliphatic heterocycles. The number of carboxylic acid groups (broad SMARTS) is 1. The van der Waals surface area contributed by atoms with Gasteiger partial charge in [-0.2, -0.15) is 0 Å². The predicted molar refractivity (Wildman–Crippen MR) is 116 cm³/mol. The molecule has 0 saturated carbocycles. The van der Waals surface area contributed by atoms with Crippen LogP contribution in [0.3, 0.4) is 0 Å². The largest absolute Gasteiger partial charge is 0.492 e. The van der Waals surface area contributed by atoms with Crippen LogP contribution < -0.4 is 9.64 Å². The minimum Gasteiger partial charge on any atom is -0.492 e. The number of carbonyl (C=O) groups is 2. The number of benzene rings is 2. The van der Waals surface area contributed by atoms with E-state index >= 15 is 0 Å². The molecule has 28 heavy (non-hydrogen) atoms. The van der Waals surface area contributed by atoms with Gasteiger partial charge in [0.25, 0.3) is 5.91 Å². The first-order valence-electron chi connectivity index (χ1n) is 8.65. The molecule has 1 saturated heterocycles. The molecule has 5 nitrogen and oxygen atoms in total. The molecule has 0 atom stereocenters. The van der Waals surface area contributed by atoms with Gasteiger partial charge in [-0.1, -0.05) is 59.9 Å². The molecule has 1 fully saturated rings. The fraction of sp³-hybridized carbons (Fsp3) is 0.190. The number of aryl methyl sites for hydroxylation is 2. The first-order chi connectivity index (χ1) is 13.4. The molecule has 0 unspecified atom stereocenters. The number of anilines is 1. The molecule has 7 heteroatoms. The van der Waals surface area contributed by atoms with Crippen LogP contribution in [0.1, 0.15) is 23.1 Å². The number of aliphatic carboxylic acids is 1. The van der Waals surface area contributed by atoms with Crippen LogP contribution in [0, 0.1) is 13.8 Å². The zero-order valence-electron chi connectivity index (χ0n) is 15.5. The third kappa shape index (κ3) is 4.43. The molecule has 1 amide bonds. The van der Waals surface area contributed by atoms with Crippen LogP contribution in [-0.4, -0.2) is 27.9 Å². The molecule has 1 aliphatic rings. The Kier molecular flexibility index (Phi) is 6.16. The summed E-state index contributed by atoms with van der Waals surface area (Å²) >= 11 is 6.69. The van der Waals surface area contributed by atoms with Crippen molar-refractivity contribution in [1.82, 2.24) is 0 Å². The Bertz CT molecular complexity index is 984. The van der Waals surface area contributed by atoms with Crippen molar-refractivity contribution in [2.45, 2.75) is 20.3 Å². The minimum absolute atomic E-state index is 0.0592. The van der Waals surface area contributed by atoms with Crippen LogP contribution in [-0.2, 0) is 9.59 Å². The van der Waals surface area contributed by atoms with Crippen molar-refractivity contribution in [2.24, 2.45) is 0 Å². The van der Waals surface area contributed by atoms with Gasteiger partial charge in [0.1, 0.15) is 5.75 Å². The van der Waals surface area contributed by atoms with Crippen LogP contribution in [0.15, 0.2) is 47.4 Å². The van der Waals surface area contributed by atoms with E-state index in [1.54, 1.807) is 23.1 Å². The number of hydrogen-bond donors (Lipinski definition) is 1. The fourth-order valence-electron chi connectivity index (χ4n) is 2.85. The number of amides is 1. The van der Waals surface area contributed by atoms with Crippen LogP contribution in [0.4, 0.5) is 5.69 Å². The number of thioether (sulfide) groups is 1. The number of para-hydroxylation sites is 1. The third-order valence-corrected chi connectivity index (χ3v) is 5.47. The Balaban J connectivity index is 1.87. The Morgan fingerprint density at radius 2 is 2.00 bits per heavy atom. The van der Waals surface area contributed by atoms with Gasteiger partial charge in [0.2, 0.25) is 0 Å². The molecule has 2 aromatic rings. The van der Waals surface area contributed by atoms with E-state index in [9.17, 15) is 9.59 Å². The molecule has 0 bridgehead atoms. The van der Waals surface area contributed by atoms with Gasteiger partial charge in [-0.15, -0.1) is 0 Å². The van der Waals surface area contributed by atoms with Crippen molar-refractivity contribution in [3.8, 4) is 5.75 Å². The lowest BCUT2D eigenvalue weighted by Gasteiger charge is -2.17. The molecule has 144 valence electrons. The van der Waals surface area contributed by atoms with E-state index in [0.717, 1.165) is 16.8 Å². The summed E-state index contributed by atoms with van der Waals surface area (Å²) in [6.45, 7) is 4.02. The predicted octanol–water partition coefficient (Wildman–Crippen LogP) is 4.56. The van der Waals surface area contributed by atoms with E-state index in [1.165, 1.54) is 11.8 Å². The molecule has 0 radical (unpaired) electrons. The van der Waals surface area contributed by atoms with Crippen molar-refractivity contribution in [3.63, 3.8) is 0 Å². The van der Waals surface area contributed by atoms with Crippen molar-refractivity contribution >= 4 is 51.9 Å². The lowest BCUT2D eigenvalue weighted by Crippen LogP contribution is -2.28. The zero-order valence-corrected chi connectivity index (χ0v) is 17.1. The van der Waals surface area contributed by atoms with E-state index < -0.39 is 5.97 Å². The topological polar surface area (TPSA) is 66.8 Å². The number of carbonyl (C=O) groups excluding carboxylic acids is 1. The third-order valence-electron chi connectivity index (χ3n) is 4.17. The molecule has 1 heterocycles. The van der Waals surface area contributed by atoms with Gasteiger partial charge in [-0.25, -0.2) is 0 Å². The molecular weight excluding hydrogens is 394 g/mol. The first-order valence-corrected chi connectivity index (χ1v) is 9.88. The molecule has 2 aromatic carbocycles. The maximum absolute atomic E-state index is 13.0. The summed E-state index contributed by atoms with van der Waals surface area (Å²) < 4.78 is 6.05. The van der Waals surface area contributed by atoms with Crippen LogP contribution in [0.25, 0.3) is 6.08 Å². The maximum Gasteiger partial charge on any atom is 0.306 e. The number of carboxylic acids is 1. The van der Waals surface area contributed by atoms with Gasteiger partial charge in [0.05, 0.1) is 23.6 Å². The van der Waals surface area contributed by atoms with Crippen molar-refractivity contribution in [1.29, 1.82) is 0 Å². The van der Waals surface area contributed by atoms with Gasteiger partial charge in [0.15, 0.2) is 4.32 Å². The van der Waals surface area contributed by atoms with Gasteiger partial charge in [-0.3, -0.25) is 14.5 Å². The van der Waals surface area contributed by atoms with Crippen LogP contribution >= 0.6 is 24.0 Å². The molecule has 0 aliphatic carbocycles. The van der Waals surface area contributed by atoms with Gasteiger partial charge in [0, 0.05) is 5.56 Å². The number of ether oxygens (including phenoxy) is 1. The van der Waals surface area contributed by atoms with Crippen LogP contribution in [0.2, 0.25) is 0 Å². The fourth-order valence-corrected chi connectivity index (χ4v) is 4.13. The van der Waals surface area contributed by atoms with E-state index in [0.29, 0.717) is 20.5 Å². The second kappa shape index (κ2) is 8.58. The summed E-state index contributed by atoms with van der Waals surface area (Å²) in [6, 6.07) is 13.1. The van der Waals surface area contributed by atoms with Crippen LogP contribution in [0.5, 0.6) is 5.75 Å².